The number of pyridine rings is 1. The maximum Gasteiger partial charge on any atom is 0.179 e. The van der Waals surface area contributed by atoms with Gasteiger partial charge in [0.25, 0.3) is 0 Å². The Kier molecular flexibility index (Phi) is 2.52. The molecule has 1 aliphatic rings. The fraction of sp³-hybridized carbons (Fsp3) is 0.417. The van der Waals surface area contributed by atoms with Gasteiger partial charge >= 0.3 is 0 Å². The molecule has 0 aliphatic carbocycles. The Hall–Kier alpha value is -1.16. The quantitative estimate of drug-likeness (QED) is 0.866. The summed E-state index contributed by atoms with van der Waals surface area (Å²) in [5, 5.41) is 9.66. The molecule has 0 bridgehead atoms. The Morgan fingerprint density at radius 3 is 3.25 bits per heavy atom. The van der Waals surface area contributed by atoms with Crippen LogP contribution in [0.5, 0.6) is 5.75 Å². The van der Waals surface area contributed by atoms with Gasteiger partial charge in [0.2, 0.25) is 0 Å². The molecule has 3 rings (SSSR count). The van der Waals surface area contributed by atoms with Gasteiger partial charge < -0.3 is 9.51 Å². The van der Waals surface area contributed by atoms with Crippen molar-refractivity contribution < 1.29 is 5.11 Å². The summed E-state index contributed by atoms with van der Waals surface area (Å²) in [7, 11) is 0. The summed E-state index contributed by atoms with van der Waals surface area (Å²) >= 11 is 2.03. The molecular formula is C12H14N2OS. The highest BCUT2D eigenvalue weighted by molar-refractivity contribution is 7.99. The summed E-state index contributed by atoms with van der Waals surface area (Å²) in [6, 6.07) is 3.51. The van der Waals surface area contributed by atoms with E-state index in [1.54, 1.807) is 6.07 Å². The molecule has 4 heteroatoms. The lowest BCUT2D eigenvalue weighted by molar-refractivity contribution is 0.477. The zero-order valence-corrected chi connectivity index (χ0v) is 9.78. The van der Waals surface area contributed by atoms with Crippen molar-refractivity contribution in [2.75, 3.05) is 11.5 Å². The molecule has 1 saturated heterocycles. The molecule has 1 atom stereocenters. The first-order chi connectivity index (χ1) is 7.83. The molecule has 2 aromatic heterocycles. The monoisotopic (exact) mass is 234 g/mol. The van der Waals surface area contributed by atoms with Crippen LogP contribution < -0.4 is 0 Å². The van der Waals surface area contributed by atoms with Crippen molar-refractivity contribution in [2.24, 2.45) is 5.92 Å². The van der Waals surface area contributed by atoms with Crippen molar-refractivity contribution in [1.29, 1.82) is 0 Å². The van der Waals surface area contributed by atoms with Crippen LogP contribution in [0.15, 0.2) is 24.5 Å². The van der Waals surface area contributed by atoms with Gasteiger partial charge in [0, 0.05) is 12.4 Å². The highest BCUT2D eigenvalue weighted by atomic mass is 32.2. The second-order valence-electron chi connectivity index (χ2n) is 4.29. The summed E-state index contributed by atoms with van der Waals surface area (Å²) in [5.41, 5.74) is 1.76. The van der Waals surface area contributed by atoms with E-state index in [1.807, 2.05) is 34.6 Å². The van der Waals surface area contributed by atoms with Gasteiger partial charge in [-0.1, -0.05) is 0 Å². The Morgan fingerprint density at radius 1 is 1.56 bits per heavy atom. The van der Waals surface area contributed by atoms with Crippen LogP contribution in [0.3, 0.4) is 0 Å². The van der Waals surface area contributed by atoms with E-state index in [1.165, 1.54) is 17.9 Å². The molecule has 16 heavy (non-hydrogen) atoms. The molecule has 0 amide bonds. The molecule has 1 N–H and O–H groups in total. The fourth-order valence-electron chi connectivity index (χ4n) is 2.19. The zero-order valence-electron chi connectivity index (χ0n) is 8.97. The maximum absolute atomic E-state index is 9.66. The van der Waals surface area contributed by atoms with Crippen molar-refractivity contribution >= 4 is 17.4 Å². The van der Waals surface area contributed by atoms with Gasteiger partial charge in [-0.2, -0.15) is 11.8 Å². The third-order valence-electron chi connectivity index (χ3n) is 3.03. The Balaban J connectivity index is 1.90. The van der Waals surface area contributed by atoms with Crippen LogP contribution in [0.25, 0.3) is 5.65 Å². The minimum Gasteiger partial charge on any atom is -0.504 e. The number of thioether (sulfide) groups is 1. The van der Waals surface area contributed by atoms with Crippen molar-refractivity contribution in [1.82, 2.24) is 9.38 Å². The third kappa shape index (κ3) is 1.78. The molecule has 0 saturated carbocycles. The lowest BCUT2D eigenvalue weighted by Crippen LogP contribution is -2.02. The molecule has 1 fully saturated rings. The van der Waals surface area contributed by atoms with Crippen molar-refractivity contribution in [2.45, 2.75) is 12.8 Å². The molecule has 2 aromatic rings. The predicted molar refractivity (Wildman–Crippen MR) is 66.0 cm³/mol. The van der Waals surface area contributed by atoms with Crippen LogP contribution in [-0.4, -0.2) is 26.0 Å². The van der Waals surface area contributed by atoms with Crippen LogP contribution in [0, 0.1) is 5.92 Å². The molecule has 1 aliphatic heterocycles. The van der Waals surface area contributed by atoms with E-state index < -0.39 is 0 Å². The first-order valence-electron chi connectivity index (χ1n) is 5.56. The lowest BCUT2D eigenvalue weighted by Gasteiger charge is -2.03. The number of fused-ring (bicyclic) bond motifs is 1. The van der Waals surface area contributed by atoms with Gasteiger partial charge in [-0.15, -0.1) is 0 Å². The normalized spacial score (nSPS) is 20.6. The second-order valence-corrected chi connectivity index (χ2v) is 5.44. The average Bonchev–Trinajstić information content (AvgIpc) is 2.88. The maximum atomic E-state index is 9.66. The summed E-state index contributed by atoms with van der Waals surface area (Å²) in [6.07, 6.45) is 6.28. The van der Waals surface area contributed by atoms with E-state index in [9.17, 15) is 5.11 Å². The van der Waals surface area contributed by atoms with Crippen molar-refractivity contribution in [3.8, 4) is 5.75 Å². The minimum atomic E-state index is 0.259. The summed E-state index contributed by atoms with van der Waals surface area (Å²) in [5.74, 6) is 3.55. The van der Waals surface area contributed by atoms with E-state index in [4.69, 9.17) is 0 Å². The first-order valence-corrected chi connectivity index (χ1v) is 6.72. The summed E-state index contributed by atoms with van der Waals surface area (Å²) in [6.45, 7) is 0. The third-order valence-corrected chi connectivity index (χ3v) is 4.27. The SMILES string of the molecule is Oc1cccn2cc(CC3CCSC3)nc12. The van der Waals surface area contributed by atoms with Crippen LogP contribution in [0.2, 0.25) is 0 Å². The van der Waals surface area contributed by atoms with Gasteiger partial charge in [0.15, 0.2) is 11.4 Å². The highest BCUT2D eigenvalue weighted by Crippen LogP contribution is 2.27. The van der Waals surface area contributed by atoms with Crippen molar-refractivity contribution in [3.63, 3.8) is 0 Å². The van der Waals surface area contributed by atoms with E-state index in [-0.39, 0.29) is 5.75 Å². The molecule has 1 unspecified atom stereocenters. The minimum absolute atomic E-state index is 0.259. The molecule has 0 radical (unpaired) electrons. The van der Waals surface area contributed by atoms with Crippen LogP contribution >= 0.6 is 11.8 Å². The fourth-order valence-corrected chi connectivity index (χ4v) is 3.47. The Bertz CT molecular complexity index is 503. The number of imidazole rings is 1. The Morgan fingerprint density at radius 2 is 2.50 bits per heavy atom. The molecule has 84 valence electrons. The van der Waals surface area contributed by atoms with E-state index in [0.717, 1.165) is 18.0 Å². The van der Waals surface area contributed by atoms with Gasteiger partial charge in [0.05, 0.1) is 5.69 Å². The number of hydrogen-bond acceptors (Lipinski definition) is 3. The van der Waals surface area contributed by atoms with Crippen LogP contribution in [0.4, 0.5) is 0 Å². The second kappa shape index (κ2) is 4.01. The Labute approximate surface area is 98.5 Å². The number of hydrogen-bond donors (Lipinski definition) is 1. The van der Waals surface area contributed by atoms with Crippen LogP contribution in [-0.2, 0) is 6.42 Å². The molecule has 0 spiro atoms. The number of aromatic nitrogens is 2. The highest BCUT2D eigenvalue weighted by Gasteiger charge is 2.17. The summed E-state index contributed by atoms with van der Waals surface area (Å²) < 4.78 is 1.90. The van der Waals surface area contributed by atoms with Gasteiger partial charge in [-0.25, -0.2) is 4.98 Å². The first kappa shape index (κ1) is 10.0. The van der Waals surface area contributed by atoms with Gasteiger partial charge in [0.1, 0.15) is 0 Å². The van der Waals surface area contributed by atoms with Crippen LogP contribution in [0.1, 0.15) is 12.1 Å². The smallest absolute Gasteiger partial charge is 0.179 e. The zero-order chi connectivity index (χ0) is 11.0. The predicted octanol–water partition coefficient (Wildman–Crippen LogP) is 2.34. The largest absolute Gasteiger partial charge is 0.504 e. The van der Waals surface area contributed by atoms with Gasteiger partial charge in [-0.3, -0.25) is 0 Å². The number of aromatic hydroxyl groups is 1. The average molecular weight is 234 g/mol. The summed E-state index contributed by atoms with van der Waals surface area (Å²) in [4.78, 5) is 4.48. The van der Waals surface area contributed by atoms with E-state index in [2.05, 4.69) is 4.98 Å². The van der Waals surface area contributed by atoms with E-state index >= 15 is 0 Å². The molecule has 3 heterocycles. The molecular weight excluding hydrogens is 220 g/mol. The molecule has 0 aromatic carbocycles. The van der Waals surface area contributed by atoms with Gasteiger partial charge in [-0.05, 0) is 42.4 Å². The topological polar surface area (TPSA) is 37.5 Å². The van der Waals surface area contributed by atoms with E-state index in [0.29, 0.717) is 5.65 Å². The van der Waals surface area contributed by atoms with Crippen molar-refractivity contribution in [3.05, 3.63) is 30.2 Å². The standard InChI is InChI=1S/C12H14N2OS/c15-11-2-1-4-14-7-10(13-12(11)14)6-9-3-5-16-8-9/h1-2,4,7,9,15H,3,5-6,8H2. The number of rotatable bonds is 2. The lowest BCUT2D eigenvalue weighted by atomic mass is 10.0. The number of nitrogens with zero attached hydrogens (tertiary/aromatic N) is 2. The molecule has 3 nitrogen and oxygen atoms in total.